The van der Waals surface area contributed by atoms with Gasteiger partial charge in [0.1, 0.15) is 23.2 Å². The Labute approximate surface area is 185 Å². The molecule has 7 heteroatoms. The van der Waals surface area contributed by atoms with Crippen molar-refractivity contribution >= 4 is 28.7 Å². The normalized spacial score (nSPS) is 11.3. The van der Waals surface area contributed by atoms with Crippen molar-refractivity contribution in [3.8, 4) is 11.8 Å². The molecule has 0 unspecified atom stereocenters. The monoisotopic (exact) mass is 426 g/mol. The van der Waals surface area contributed by atoms with Crippen LogP contribution in [-0.2, 0) is 11.3 Å². The molecule has 0 spiro atoms. The zero-order chi connectivity index (χ0) is 22.3. The second-order valence-electron chi connectivity index (χ2n) is 7.26. The summed E-state index contributed by atoms with van der Waals surface area (Å²) in [5.74, 6) is 1.16. The summed E-state index contributed by atoms with van der Waals surface area (Å²) >= 11 is 0. The van der Waals surface area contributed by atoms with Gasteiger partial charge in [0.05, 0.1) is 6.61 Å². The van der Waals surface area contributed by atoms with Crippen LogP contribution in [0.5, 0.6) is 5.75 Å². The Hall–Kier alpha value is -4.31. The van der Waals surface area contributed by atoms with E-state index in [0.29, 0.717) is 12.4 Å². The van der Waals surface area contributed by atoms with Gasteiger partial charge in [0.15, 0.2) is 5.82 Å². The molecule has 0 bridgehead atoms. The first-order chi connectivity index (χ1) is 15.6. The molecule has 0 aliphatic rings. The number of amides is 1. The highest BCUT2D eigenvalue weighted by Crippen LogP contribution is 2.24. The van der Waals surface area contributed by atoms with Gasteiger partial charge in [0.2, 0.25) is 0 Å². The van der Waals surface area contributed by atoms with Gasteiger partial charge in [-0.3, -0.25) is 4.79 Å². The van der Waals surface area contributed by atoms with Crippen LogP contribution < -0.4 is 10.1 Å². The van der Waals surface area contributed by atoms with E-state index < -0.39 is 5.91 Å². The lowest BCUT2D eigenvalue weighted by Gasteiger charge is -2.07. The Balaban J connectivity index is 1.50. The average Bonchev–Trinajstić information content (AvgIpc) is 3.38. The summed E-state index contributed by atoms with van der Waals surface area (Å²) in [5.41, 5.74) is 1.82. The van der Waals surface area contributed by atoms with Crippen LogP contribution in [0.25, 0.3) is 17.0 Å². The van der Waals surface area contributed by atoms with Crippen molar-refractivity contribution in [2.75, 3.05) is 11.9 Å². The molecule has 2 heterocycles. The van der Waals surface area contributed by atoms with Crippen molar-refractivity contribution < 1.29 is 14.1 Å². The molecule has 4 aromatic rings. The fourth-order valence-electron chi connectivity index (χ4n) is 3.43. The highest BCUT2D eigenvalue weighted by molar-refractivity contribution is 6.10. The molecule has 2 aromatic carbocycles. The van der Waals surface area contributed by atoms with E-state index in [4.69, 9.17) is 9.26 Å². The highest BCUT2D eigenvalue weighted by atomic mass is 16.5. The Kier molecular flexibility index (Phi) is 6.33. The Bertz CT molecular complexity index is 1300. The predicted molar refractivity (Wildman–Crippen MR) is 122 cm³/mol. The van der Waals surface area contributed by atoms with Crippen LogP contribution in [0.4, 0.5) is 5.82 Å². The van der Waals surface area contributed by atoms with Crippen molar-refractivity contribution in [2.45, 2.75) is 19.9 Å². The number of aryl methyl sites for hydroxylation is 2. The smallest absolute Gasteiger partial charge is 0.267 e. The summed E-state index contributed by atoms with van der Waals surface area (Å²) < 4.78 is 12.9. The third-order valence-electron chi connectivity index (χ3n) is 4.91. The molecule has 0 atom stereocenters. The fraction of sp³-hybridized carbons (Fsp3) is 0.160. The zero-order valence-electron chi connectivity index (χ0n) is 17.6. The maximum absolute atomic E-state index is 12.5. The molecule has 7 nitrogen and oxygen atoms in total. The topological polar surface area (TPSA) is 93.1 Å². The van der Waals surface area contributed by atoms with E-state index >= 15 is 0 Å². The highest BCUT2D eigenvalue weighted by Gasteiger charge is 2.14. The second-order valence-corrected chi connectivity index (χ2v) is 7.26. The maximum Gasteiger partial charge on any atom is 0.267 e. The van der Waals surface area contributed by atoms with E-state index in [2.05, 4.69) is 15.0 Å². The van der Waals surface area contributed by atoms with Gasteiger partial charge in [-0.2, -0.15) is 5.26 Å². The van der Waals surface area contributed by atoms with Gasteiger partial charge in [-0.15, -0.1) is 0 Å². The van der Waals surface area contributed by atoms with Crippen molar-refractivity contribution in [2.24, 2.45) is 0 Å². The summed E-state index contributed by atoms with van der Waals surface area (Å²) in [6.45, 7) is 3.06. The van der Waals surface area contributed by atoms with Crippen LogP contribution in [0, 0.1) is 18.3 Å². The summed E-state index contributed by atoms with van der Waals surface area (Å²) in [5, 5.41) is 16.8. The first kappa shape index (κ1) is 20.9. The number of ether oxygens (including phenoxy) is 1. The number of rotatable bonds is 8. The van der Waals surface area contributed by atoms with Gasteiger partial charge in [0.25, 0.3) is 5.91 Å². The Morgan fingerprint density at radius 1 is 1.22 bits per heavy atom. The summed E-state index contributed by atoms with van der Waals surface area (Å²) in [4.78, 5) is 12.5. The number of carbonyl (C=O) groups excluding carboxylic acids is 1. The van der Waals surface area contributed by atoms with E-state index in [1.807, 2.05) is 66.9 Å². The predicted octanol–water partition coefficient (Wildman–Crippen LogP) is 4.95. The van der Waals surface area contributed by atoms with Crippen molar-refractivity contribution in [3.63, 3.8) is 0 Å². The van der Waals surface area contributed by atoms with E-state index in [0.717, 1.165) is 35.2 Å². The number of para-hydroxylation sites is 2. The molecule has 160 valence electrons. The quantitative estimate of drug-likeness (QED) is 0.244. The van der Waals surface area contributed by atoms with Crippen molar-refractivity contribution in [3.05, 3.63) is 83.8 Å². The largest absolute Gasteiger partial charge is 0.494 e. The minimum absolute atomic E-state index is 0.0130. The van der Waals surface area contributed by atoms with Crippen LogP contribution in [0.1, 0.15) is 17.7 Å². The minimum atomic E-state index is -0.533. The zero-order valence-corrected chi connectivity index (χ0v) is 17.6. The van der Waals surface area contributed by atoms with Crippen LogP contribution in [0.15, 0.2) is 77.0 Å². The molecule has 32 heavy (non-hydrogen) atoms. The number of benzene rings is 2. The first-order valence-electron chi connectivity index (χ1n) is 10.3. The average molecular weight is 426 g/mol. The van der Waals surface area contributed by atoms with Gasteiger partial charge in [-0.25, -0.2) is 0 Å². The van der Waals surface area contributed by atoms with Crippen molar-refractivity contribution in [1.29, 1.82) is 5.26 Å². The molecule has 0 aliphatic carbocycles. The molecule has 1 N–H and O–H groups in total. The molecule has 2 aromatic heterocycles. The molecular formula is C25H22N4O3. The molecule has 0 saturated heterocycles. The SMILES string of the molecule is Cc1cc(NC(=O)/C(C#N)=C\c2cn(CCCOc3ccccc3)c3ccccc23)no1. The number of carbonyl (C=O) groups is 1. The molecule has 1 amide bonds. The lowest BCUT2D eigenvalue weighted by molar-refractivity contribution is -0.112. The standard InChI is InChI=1S/C25H22N4O3/c1-18-14-24(28-32-18)27-25(30)19(16-26)15-20-17-29(23-11-6-5-10-22(20)23)12-7-13-31-21-8-3-2-4-9-21/h2-6,8-11,14-15,17H,7,12-13H2,1H3,(H,27,28,30)/b19-15-. The van der Waals surface area contributed by atoms with Crippen LogP contribution in [0.2, 0.25) is 0 Å². The second kappa shape index (κ2) is 9.67. The summed E-state index contributed by atoms with van der Waals surface area (Å²) in [7, 11) is 0. The first-order valence-corrected chi connectivity index (χ1v) is 10.3. The maximum atomic E-state index is 12.5. The molecule has 0 radical (unpaired) electrons. The van der Waals surface area contributed by atoms with Gasteiger partial charge < -0.3 is 19.1 Å². The summed E-state index contributed by atoms with van der Waals surface area (Å²) in [6, 6.07) is 21.2. The van der Waals surface area contributed by atoms with Crippen LogP contribution in [-0.4, -0.2) is 22.2 Å². The molecule has 0 saturated carbocycles. The number of hydrogen-bond donors (Lipinski definition) is 1. The molecule has 4 rings (SSSR count). The van der Waals surface area contributed by atoms with E-state index in [9.17, 15) is 10.1 Å². The van der Waals surface area contributed by atoms with Gasteiger partial charge in [-0.05, 0) is 37.6 Å². The molecule has 0 fully saturated rings. The van der Waals surface area contributed by atoms with Gasteiger partial charge >= 0.3 is 0 Å². The third kappa shape index (κ3) is 4.87. The molecular weight excluding hydrogens is 404 g/mol. The third-order valence-corrected chi connectivity index (χ3v) is 4.91. The van der Waals surface area contributed by atoms with E-state index in [-0.39, 0.29) is 11.4 Å². The number of nitrogens with zero attached hydrogens (tertiary/aromatic N) is 3. The minimum Gasteiger partial charge on any atom is -0.494 e. The van der Waals surface area contributed by atoms with Gasteiger partial charge in [-0.1, -0.05) is 41.6 Å². The van der Waals surface area contributed by atoms with Crippen molar-refractivity contribution in [1.82, 2.24) is 9.72 Å². The number of aromatic nitrogens is 2. The van der Waals surface area contributed by atoms with Gasteiger partial charge in [0, 0.05) is 35.3 Å². The number of nitriles is 1. The lowest BCUT2D eigenvalue weighted by atomic mass is 10.1. The van der Waals surface area contributed by atoms with Crippen LogP contribution >= 0.6 is 0 Å². The number of nitrogens with one attached hydrogen (secondary N) is 1. The van der Waals surface area contributed by atoms with E-state index in [1.54, 1.807) is 19.1 Å². The lowest BCUT2D eigenvalue weighted by Crippen LogP contribution is -2.13. The van der Waals surface area contributed by atoms with Crippen LogP contribution in [0.3, 0.4) is 0 Å². The number of anilines is 1. The number of hydrogen-bond acceptors (Lipinski definition) is 5. The summed E-state index contributed by atoms with van der Waals surface area (Å²) in [6.07, 6.45) is 4.37. The molecule has 0 aliphatic heterocycles. The number of fused-ring (bicyclic) bond motifs is 1. The Morgan fingerprint density at radius 3 is 2.75 bits per heavy atom. The van der Waals surface area contributed by atoms with E-state index in [1.165, 1.54) is 0 Å². The fourth-order valence-corrected chi connectivity index (χ4v) is 3.43. The Morgan fingerprint density at radius 2 is 2.00 bits per heavy atom.